The largest absolute Gasteiger partial charge is 0.294 e. The third-order valence-electron chi connectivity index (χ3n) is 2.53. The van der Waals surface area contributed by atoms with Crippen molar-refractivity contribution in [1.82, 2.24) is 0 Å². The number of ketones is 1. The Morgan fingerprint density at radius 1 is 1.50 bits per heavy atom. The van der Waals surface area contributed by atoms with Crippen LogP contribution in [0.1, 0.15) is 36.2 Å². The lowest BCUT2D eigenvalue weighted by Crippen LogP contribution is -2.12. The van der Waals surface area contributed by atoms with Crippen LogP contribution >= 0.6 is 11.6 Å². The molecule has 0 heterocycles. The number of halogens is 1. The first-order valence-corrected chi connectivity index (χ1v) is 5.25. The zero-order valence-corrected chi connectivity index (χ0v) is 9.56. The van der Waals surface area contributed by atoms with E-state index in [-0.39, 0.29) is 11.7 Å². The van der Waals surface area contributed by atoms with Gasteiger partial charge >= 0.3 is 0 Å². The minimum atomic E-state index is 0.0496. The first-order valence-electron chi connectivity index (χ1n) is 4.87. The van der Waals surface area contributed by atoms with Crippen LogP contribution in [0.4, 0.5) is 0 Å². The normalized spacial score (nSPS) is 12.6. The van der Waals surface area contributed by atoms with E-state index >= 15 is 0 Å². The van der Waals surface area contributed by atoms with Crippen LogP contribution in [0.3, 0.4) is 0 Å². The van der Waals surface area contributed by atoms with Crippen LogP contribution in [0, 0.1) is 12.8 Å². The Labute approximate surface area is 90.1 Å². The fourth-order valence-electron chi connectivity index (χ4n) is 1.38. The van der Waals surface area contributed by atoms with Gasteiger partial charge in [-0.15, -0.1) is 0 Å². The molecule has 14 heavy (non-hydrogen) atoms. The van der Waals surface area contributed by atoms with Crippen molar-refractivity contribution in [3.05, 3.63) is 34.3 Å². The first kappa shape index (κ1) is 11.3. The fraction of sp³-hybridized carbons (Fsp3) is 0.417. The minimum Gasteiger partial charge on any atom is -0.294 e. The van der Waals surface area contributed by atoms with Gasteiger partial charge in [0.1, 0.15) is 0 Å². The highest BCUT2D eigenvalue weighted by Gasteiger charge is 2.17. The average Bonchev–Trinajstić information content (AvgIpc) is 2.16. The van der Waals surface area contributed by atoms with Crippen molar-refractivity contribution in [3.8, 4) is 0 Å². The molecular weight excluding hydrogens is 196 g/mol. The summed E-state index contributed by atoms with van der Waals surface area (Å²) < 4.78 is 0. The standard InChI is InChI=1S/C12H15ClO/c1-4-8(2)12(14)11-9(3)6-5-7-10(11)13/h5-8H,4H2,1-3H3. The Bertz CT molecular complexity index is 324. The first-order chi connectivity index (χ1) is 6.57. The van der Waals surface area contributed by atoms with Gasteiger partial charge in [-0.2, -0.15) is 0 Å². The van der Waals surface area contributed by atoms with Crippen molar-refractivity contribution < 1.29 is 4.79 Å². The van der Waals surface area contributed by atoms with E-state index in [0.717, 1.165) is 12.0 Å². The Morgan fingerprint density at radius 2 is 2.14 bits per heavy atom. The van der Waals surface area contributed by atoms with E-state index in [1.165, 1.54) is 0 Å². The van der Waals surface area contributed by atoms with Crippen LogP contribution in [0.15, 0.2) is 18.2 Å². The lowest BCUT2D eigenvalue weighted by molar-refractivity contribution is 0.0927. The van der Waals surface area contributed by atoms with Gasteiger partial charge in [0.05, 0.1) is 5.02 Å². The predicted molar refractivity (Wildman–Crippen MR) is 60.0 cm³/mol. The third-order valence-corrected chi connectivity index (χ3v) is 2.84. The van der Waals surface area contributed by atoms with E-state index < -0.39 is 0 Å². The SMILES string of the molecule is CCC(C)C(=O)c1c(C)cccc1Cl. The molecule has 0 spiro atoms. The number of Topliss-reactive ketones (excluding diaryl/α,β-unsaturated/α-hetero) is 1. The number of rotatable bonds is 3. The van der Waals surface area contributed by atoms with Crippen molar-refractivity contribution in [1.29, 1.82) is 0 Å². The maximum absolute atomic E-state index is 11.9. The molecule has 1 aromatic carbocycles. The van der Waals surface area contributed by atoms with Crippen LogP contribution in [-0.2, 0) is 0 Å². The molecule has 0 aliphatic rings. The van der Waals surface area contributed by atoms with Crippen LogP contribution in [-0.4, -0.2) is 5.78 Å². The number of carbonyl (C=O) groups excluding carboxylic acids is 1. The second-order valence-electron chi connectivity index (χ2n) is 3.61. The predicted octanol–water partition coefficient (Wildman–Crippen LogP) is 3.88. The van der Waals surface area contributed by atoms with E-state index in [4.69, 9.17) is 11.6 Å². The van der Waals surface area contributed by atoms with Crippen LogP contribution in [0.2, 0.25) is 5.02 Å². The van der Waals surface area contributed by atoms with Gasteiger partial charge in [-0.1, -0.05) is 37.6 Å². The van der Waals surface area contributed by atoms with Crippen molar-refractivity contribution >= 4 is 17.4 Å². The van der Waals surface area contributed by atoms with Crippen molar-refractivity contribution in [2.75, 3.05) is 0 Å². The van der Waals surface area contributed by atoms with Gasteiger partial charge in [-0.05, 0) is 25.0 Å². The monoisotopic (exact) mass is 210 g/mol. The van der Waals surface area contributed by atoms with Crippen molar-refractivity contribution in [2.45, 2.75) is 27.2 Å². The fourth-order valence-corrected chi connectivity index (χ4v) is 1.69. The summed E-state index contributed by atoms with van der Waals surface area (Å²) in [5.41, 5.74) is 1.64. The van der Waals surface area contributed by atoms with Crippen molar-refractivity contribution in [3.63, 3.8) is 0 Å². The molecule has 0 aliphatic heterocycles. The molecule has 0 aromatic heterocycles. The summed E-state index contributed by atoms with van der Waals surface area (Å²) in [6.07, 6.45) is 0.851. The Hall–Kier alpha value is -0.820. The number of aryl methyl sites for hydroxylation is 1. The summed E-state index contributed by atoms with van der Waals surface area (Å²) in [5, 5.41) is 0.565. The number of hydrogen-bond acceptors (Lipinski definition) is 1. The van der Waals surface area contributed by atoms with Gasteiger partial charge in [-0.25, -0.2) is 0 Å². The highest BCUT2D eigenvalue weighted by Crippen LogP contribution is 2.23. The van der Waals surface area contributed by atoms with E-state index in [1.807, 2.05) is 32.9 Å². The molecule has 0 aliphatic carbocycles. The Morgan fingerprint density at radius 3 is 2.64 bits per heavy atom. The molecule has 2 heteroatoms. The Balaban J connectivity index is 3.12. The summed E-state index contributed by atoms with van der Waals surface area (Å²) in [7, 11) is 0. The third kappa shape index (κ3) is 2.16. The highest BCUT2D eigenvalue weighted by atomic mass is 35.5. The van der Waals surface area contributed by atoms with Gasteiger partial charge < -0.3 is 0 Å². The van der Waals surface area contributed by atoms with Gasteiger partial charge in [0.15, 0.2) is 5.78 Å². The van der Waals surface area contributed by atoms with Gasteiger partial charge in [0.25, 0.3) is 0 Å². The maximum Gasteiger partial charge on any atom is 0.167 e. The lowest BCUT2D eigenvalue weighted by Gasteiger charge is -2.11. The van der Waals surface area contributed by atoms with Crippen LogP contribution < -0.4 is 0 Å². The van der Waals surface area contributed by atoms with Gasteiger partial charge in [-0.3, -0.25) is 4.79 Å². The Kier molecular flexibility index (Phi) is 3.70. The van der Waals surface area contributed by atoms with E-state index in [1.54, 1.807) is 6.07 Å². The molecule has 1 nitrogen and oxygen atoms in total. The summed E-state index contributed by atoms with van der Waals surface area (Å²) >= 11 is 6.00. The molecule has 0 saturated carbocycles. The van der Waals surface area contributed by atoms with E-state index in [2.05, 4.69) is 0 Å². The molecule has 0 radical (unpaired) electrons. The smallest absolute Gasteiger partial charge is 0.167 e. The molecule has 1 unspecified atom stereocenters. The van der Waals surface area contributed by atoms with Crippen LogP contribution in [0.25, 0.3) is 0 Å². The van der Waals surface area contributed by atoms with Gasteiger partial charge in [0.2, 0.25) is 0 Å². The molecular formula is C12H15ClO. The molecule has 76 valence electrons. The number of hydrogen-bond donors (Lipinski definition) is 0. The molecule has 1 aromatic rings. The highest BCUT2D eigenvalue weighted by molar-refractivity contribution is 6.34. The molecule has 0 N–H and O–H groups in total. The zero-order chi connectivity index (χ0) is 10.7. The molecule has 0 amide bonds. The maximum atomic E-state index is 11.9. The quantitative estimate of drug-likeness (QED) is 0.692. The summed E-state index contributed by atoms with van der Waals surface area (Å²) in [6.45, 7) is 5.86. The zero-order valence-electron chi connectivity index (χ0n) is 8.80. The topological polar surface area (TPSA) is 17.1 Å². The minimum absolute atomic E-state index is 0.0496. The summed E-state index contributed by atoms with van der Waals surface area (Å²) in [4.78, 5) is 11.9. The van der Waals surface area contributed by atoms with E-state index in [0.29, 0.717) is 10.6 Å². The van der Waals surface area contributed by atoms with E-state index in [9.17, 15) is 4.79 Å². The molecule has 1 atom stereocenters. The average molecular weight is 211 g/mol. The second-order valence-corrected chi connectivity index (χ2v) is 4.01. The number of carbonyl (C=O) groups is 1. The summed E-state index contributed by atoms with van der Waals surface area (Å²) in [6, 6.07) is 5.55. The molecule has 0 fully saturated rings. The number of benzene rings is 1. The van der Waals surface area contributed by atoms with Gasteiger partial charge in [0, 0.05) is 11.5 Å². The summed E-state index contributed by atoms with van der Waals surface area (Å²) in [5.74, 6) is 0.198. The molecule has 0 saturated heterocycles. The molecule has 1 rings (SSSR count). The molecule has 0 bridgehead atoms. The van der Waals surface area contributed by atoms with Crippen LogP contribution in [0.5, 0.6) is 0 Å². The lowest BCUT2D eigenvalue weighted by atomic mass is 9.94. The van der Waals surface area contributed by atoms with Crippen molar-refractivity contribution in [2.24, 2.45) is 5.92 Å². The second kappa shape index (κ2) is 4.61.